The van der Waals surface area contributed by atoms with Gasteiger partial charge < -0.3 is 13.6 Å². The first kappa shape index (κ1) is 17.9. The number of furan rings is 1. The molecule has 7 aromatic carbocycles. The van der Waals surface area contributed by atoms with Crippen molar-refractivity contribution in [1.82, 2.24) is 9.13 Å². The molecule has 0 amide bonds. The van der Waals surface area contributed by atoms with Gasteiger partial charge in [-0.3, -0.25) is 0 Å². The minimum absolute atomic E-state index is 0.0440. The molecular weight excluding hydrogens is 548 g/mol. The quantitative estimate of drug-likeness (QED) is 0.203. The largest absolute Gasteiger partial charge is 0.456 e. The monoisotopic (exact) mass is 582 g/mol. The Balaban J connectivity index is 1.34. The zero-order chi connectivity index (χ0) is 36.4. The van der Waals surface area contributed by atoms with Crippen molar-refractivity contribution in [2.75, 3.05) is 0 Å². The maximum absolute atomic E-state index is 9.01. The molecule has 3 heterocycles. The zero-order valence-electron chi connectivity index (χ0n) is 31.7. The minimum Gasteiger partial charge on any atom is -0.456 e. The Morgan fingerprint density at radius 1 is 0.444 bits per heavy atom. The Morgan fingerprint density at radius 2 is 1.18 bits per heavy atom. The fourth-order valence-corrected chi connectivity index (χ4v) is 6.84. The standard InChI is InChI=1S/C42H26N2O/c1-2-11-27(12-3-1)28-21-24-40-34(25-28)42-38(19-10-20-41(42)45-40)44-37-18-9-6-15-32(37)33-23-22-29(26-39(33)44)43-35-16-7-4-13-30(35)31-14-5-8-17-36(31)43/h1-26H/i4D,5D,7D,8D,13D,14D,16D,17D. The lowest BCUT2D eigenvalue weighted by Gasteiger charge is -2.12. The highest BCUT2D eigenvalue weighted by Gasteiger charge is 2.19. The second-order valence-corrected chi connectivity index (χ2v) is 11.2. The summed E-state index contributed by atoms with van der Waals surface area (Å²) in [5, 5.41) is 3.89. The minimum atomic E-state index is -0.472. The van der Waals surface area contributed by atoms with Gasteiger partial charge >= 0.3 is 0 Å². The molecule has 0 aliphatic heterocycles. The Kier molecular flexibility index (Phi) is 3.67. The van der Waals surface area contributed by atoms with E-state index < -0.39 is 24.2 Å². The third-order valence-corrected chi connectivity index (χ3v) is 8.77. The molecule has 0 radical (unpaired) electrons. The molecule has 0 fully saturated rings. The van der Waals surface area contributed by atoms with E-state index in [1.165, 1.54) is 0 Å². The lowest BCUT2D eigenvalue weighted by molar-refractivity contribution is 0.669. The highest BCUT2D eigenvalue weighted by molar-refractivity contribution is 6.15. The number of benzene rings is 7. The van der Waals surface area contributed by atoms with Crippen molar-refractivity contribution in [1.29, 1.82) is 0 Å². The molecule has 210 valence electrons. The summed E-state index contributed by atoms with van der Waals surface area (Å²) in [5.41, 5.74) is 6.86. The van der Waals surface area contributed by atoms with Crippen LogP contribution in [-0.4, -0.2) is 9.13 Å². The van der Waals surface area contributed by atoms with E-state index in [-0.39, 0.29) is 46.0 Å². The van der Waals surface area contributed by atoms with E-state index in [1.54, 1.807) is 4.57 Å². The van der Waals surface area contributed by atoms with Gasteiger partial charge in [-0.2, -0.15) is 0 Å². The molecule has 0 saturated carbocycles. The van der Waals surface area contributed by atoms with Crippen LogP contribution in [0, 0.1) is 0 Å². The molecule has 0 N–H and O–H groups in total. The summed E-state index contributed by atoms with van der Waals surface area (Å²) >= 11 is 0. The first-order chi connectivity index (χ1) is 25.7. The number of hydrogen-bond acceptors (Lipinski definition) is 1. The molecule has 0 aliphatic rings. The van der Waals surface area contributed by atoms with Gasteiger partial charge in [-0.15, -0.1) is 0 Å². The summed E-state index contributed by atoms with van der Waals surface area (Å²) in [6.07, 6.45) is 0. The summed E-state index contributed by atoms with van der Waals surface area (Å²) in [6.45, 7) is 0. The lowest BCUT2D eigenvalue weighted by Crippen LogP contribution is -1.97. The summed E-state index contributed by atoms with van der Waals surface area (Å²) in [5.74, 6) is 0. The van der Waals surface area contributed by atoms with E-state index >= 15 is 0 Å². The molecule has 0 saturated heterocycles. The topological polar surface area (TPSA) is 23.0 Å². The van der Waals surface area contributed by atoms with Crippen LogP contribution in [0.25, 0.3) is 88.1 Å². The van der Waals surface area contributed by atoms with E-state index in [0.717, 1.165) is 60.6 Å². The molecule has 3 nitrogen and oxygen atoms in total. The molecule has 0 unspecified atom stereocenters. The molecule has 3 aromatic heterocycles. The van der Waals surface area contributed by atoms with Gasteiger partial charge in [0.2, 0.25) is 0 Å². The lowest BCUT2D eigenvalue weighted by atomic mass is 10.0. The van der Waals surface area contributed by atoms with Gasteiger partial charge in [-0.25, -0.2) is 0 Å². The van der Waals surface area contributed by atoms with Crippen molar-refractivity contribution in [3.63, 3.8) is 0 Å². The number of nitrogens with zero attached hydrogens (tertiary/aromatic N) is 2. The summed E-state index contributed by atoms with van der Waals surface area (Å²) in [6, 6.07) is 32.9. The van der Waals surface area contributed by atoms with E-state index in [1.807, 2.05) is 66.7 Å². The van der Waals surface area contributed by atoms with Crippen LogP contribution in [0.3, 0.4) is 0 Å². The van der Waals surface area contributed by atoms with Crippen LogP contribution in [0.5, 0.6) is 0 Å². The van der Waals surface area contributed by atoms with Crippen molar-refractivity contribution < 1.29 is 15.4 Å². The normalized spacial score (nSPS) is 14.5. The van der Waals surface area contributed by atoms with Gasteiger partial charge in [-0.05, 0) is 65.7 Å². The number of hydrogen-bond donors (Lipinski definition) is 0. The van der Waals surface area contributed by atoms with Crippen LogP contribution in [0.15, 0.2) is 162 Å². The van der Waals surface area contributed by atoms with Crippen molar-refractivity contribution >= 4 is 65.6 Å². The van der Waals surface area contributed by atoms with Gasteiger partial charge in [0, 0.05) is 32.6 Å². The number of para-hydroxylation sites is 3. The van der Waals surface area contributed by atoms with Crippen molar-refractivity contribution in [3.05, 3.63) is 158 Å². The highest BCUT2D eigenvalue weighted by Crippen LogP contribution is 2.41. The van der Waals surface area contributed by atoms with Crippen LogP contribution < -0.4 is 0 Å². The van der Waals surface area contributed by atoms with E-state index in [0.29, 0.717) is 5.69 Å². The molecule has 0 aliphatic carbocycles. The van der Waals surface area contributed by atoms with E-state index in [2.05, 4.69) is 47.0 Å². The molecular formula is C42H26N2O. The zero-order valence-corrected chi connectivity index (χ0v) is 23.7. The average molecular weight is 583 g/mol. The fourth-order valence-electron chi connectivity index (χ4n) is 6.84. The molecule has 10 rings (SSSR count). The van der Waals surface area contributed by atoms with Crippen LogP contribution in [0.2, 0.25) is 0 Å². The first-order valence-corrected chi connectivity index (χ1v) is 14.7. The molecule has 0 atom stereocenters. The maximum atomic E-state index is 9.01. The predicted molar refractivity (Wildman–Crippen MR) is 188 cm³/mol. The summed E-state index contributed by atoms with van der Waals surface area (Å²) < 4.78 is 79.8. The Hall–Kier alpha value is -6.06. The third kappa shape index (κ3) is 3.46. The van der Waals surface area contributed by atoms with E-state index in [9.17, 15) is 0 Å². The Morgan fingerprint density at radius 3 is 2.00 bits per heavy atom. The van der Waals surface area contributed by atoms with Crippen LogP contribution in [0.1, 0.15) is 11.0 Å². The Bertz CT molecular complexity index is 3140. The molecule has 3 heteroatoms. The first-order valence-electron chi connectivity index (χ1n) is 18.7. The molecule has 45 heavy (non-hydrogen) atoms. The van der Waals surface area contributed by atoms with Crippen LogP contribution in [0.4, 0.5) is 0 Å². The highest BCUT2D eigenvalue weighted by atomic mass is 16.3. The molecule has 0 spiro atoms. The second-order valence-electron chi connectivity index (χ2n) is 11.2. The Labute approximate surface area is 270 Å². The molecule has 10 aromatic rings. The van der Waals surface area contributed by atoms with Crippen molar-refractivity contribution in [3.8, 4) is 22.5 Å². The van der Waals surface area contributed by atoms with Gasteiger partial charge in [0.25, 0.3) is 0 Å². The van der Waals surface area contributed by atoms with Crippen LogP contribution >= 0.6 is 0 Å². The number of rotatable bonds is 3. The number of aromatic nitrogens is 2. The average Bonchev–Trinajstić information content (AvgIpc) is 3.85. The van der Waals surface area contributed by atoms with Gasteiger partial charge in [0.05, 0.1) is 44.1 Å². The smallest absolute Gasteiger partial charge is 0.137 e. The van der Waals surface area contributed by atoms with Gasteiger partial charge in [-0.1, -0.05) is 103 Å². The SMILES string of the molecule is [2H]c1c([2H])c([2H])c2c(c1[2H])c1c([2H])c([2H])c([2H])c([2H])c1n2-c1ccc2c3ccccc3n(-c3cccc4oc5ccc(-c6ccccc6)cc5c34)c2c1. The maximum Gasteiger partial charge on any atom is 0.137 e. The van der Waals surface area contributed by atoms with Crippen molar-refractivity contribution in [2.45, 2.75) is 0 Å². The molecule has 0 bridgehead atoms. The van der Waals surface area contributed by atoms with Gasteiger partial charge in [0.1, 0.15) is 11.2 Å². The predicted octanol–water partition coefficient (Wildman–Crippen LogP) is 11.4. The second kappa shape index (κ2) is 9.22. The third-order valence-electron chi connectivity index (χ3n) is 8.77. The fraction of sp³-hybridized carbons (Fsp3) is 0. The summed E-state index contributed by atoms with van der Waals surface area (Å²) in [4.78, 5) is 0. The van der Waals surface area contributed by atoms with E-state index in [4.69, 9.17) is 15.4 Å². The van der Waals surface area contributed by atoms with Crippen molar-refractivity contribution in [2.24, 2.45) is 0 Å². The van der Waals surface area contributed by atoms with Gasteiger partial charge in [0.15, 0.2) is 0 Å². The van der Waals surface area contributed by atoms with Crippen LogP contribution in [-0.2, 0) is 0 Å². The number of fused-ring (bicyclic) bond motifs is 9. The summed E-state index contributed by atoms with van der Waals surface area (Å²) in [7, 11) is 0.